The van der Waals surface area contributed by atoms with Crippen LogP contribution in [-0.4, -0.2) is 36.9 Å². The maximum Gasteiger partial charge on any atom is 0.251 e. The van der Waals surface area contributed by atoms with Crippen molar-refractivity contribution >= 4 is 23.4 Å². The van der Waals surface area contributed by atoms with Crippen molar-refractivity contribution in [2.24, 2.45) is 0 Å². The number of hydrogen-bond acceptors (Lipinski definition) is 4. The van der Waals surface area contributed by atoms with E-state index in [1.165, 1.54) is 11.8 Å². The maximum atomic E-state index is 12.2. The fourth-order valence-electron chi connectivity index (χ4n) is 2.12. The van der Waals surface area contributed by atoms with Gasteiger partial charge in [-0.1, -0.05) is 18.2 Å². The standard InChI is InChI=1S/C14H17N3O3/c1-10(18)15-7-8-16-12-9-13(19)17(14(12)20)11-5-3-2-4-6-11/h2-6,12,16H,7-9H2,1H3,(H,15,18). The highest BCUT2D eigenvalue weighted by Crippen LogP contribution is 2.22. The number of benzene rings is 1. The number of nitrogens with zero attached hydrogens (tertiary/aromatic N) is 1. The molecule has 1 saturated heterocycles. The summed E-state index contributed by atoms with van der Waals surface area (Å²) in [6, 6.07) is 8.35. The number of nitrogens with one attached hydrogen (secondary N) is 2. The normalized spacial score (nSPS) is 18.4. The first-order valence-electron chi connectivity index (χ1n) is 6.49. The van der Waals surface area contributed by atoms with Crippen molar-refractivity contribution in [3.8, 4) is 0 Å². The molecule has 1 atom stereocenters. The van der Waals surface area contributed by atoms with Gasteiger partial charge in [0.05, 0.1) is 18.2 Å². The number of carbonyl (C=O) groups is 3. The Morgan fingerprint density at radius 3 is 2.60 bits per heavy atom. The Hall–Kier alpha value is -2.21. The molecule has 1 aliphatic rings. The average molecular weight is 275 g/mol. The van der Waals surface area contributed by atoms with E-state index in [4.69, 9.17) is 0 Å². The molecule has 6 nitrogen and oxygen atoms in total. The predicted octanol–water partition coefficient (Wildman–Crippen LogP) is 0.0442. The van der Waals surface area contributed by atoms with Crippen molar-refractivity contribution in [2.75, 3.05) is 18.0 Å². The van der Waals surface area contributed by atoms with Gasteiger partial charge in [0, 0.05) is 20.0 Å². The second-order valence-electron chi connectivity index (χ2n) is 4.60. The minimum absolute atomic E-state index is 0.119. The zero-order valence-corrected chi connectivity index (χ0v) is 11.3. The van der Waals surface area contributed by atoms with Gasteiger partial charge in [-0.3, -0.25) is 14.4 Å². The van der Waals surface area contributed by atoms with Crippen LogP contribution in [0.4, 0.5) is 5.69 Å². The van der Waals surface area contributed by atoms with Crippen LogP contribution < -0.4 is 15.5 Å². The lowest BCUT2D eigenvalue weighted by molar-refractivity contribution is -0.121. The molecule has 1 aromatic rings. The van der Waals surface area contributed by atoms with E-state index < -0.39 is 6.04 Å². The van der Waals surface area contributed by atoms with E-state index in [0.29, 0.717) is 18.8 Å². The molecule has 1 heterocycles. The Morgan fingerprint density at radius 1 is 1.25 bits per heavy atom. The summed E-state index contributed by atoms with van der Waals surface area (Å²) in [6.45, 7) is 2.31. The minimum Gasteiger partial charge on any atom is -0.355 e. The maximum absolute atomic E-state index is 12.2. The molecule has 2 rings (SSSR count). The molecule has 0 aliphatic carbocycles. The quantitative estimate of drug-likeness (QED) is 0.587. The number of rotatable bonds is 5. The number of amides is 3. The second kappa shape index (κ2) is 6.29. The van der Waals surface area contributed by atoms with Gasteiger partial charge in [0.2, 0.25) is 11.8 Å². The molecule has 0 radical (unpaired) electrons. The van der Waals surface area contributed by atoms with Crippen LogP contribution in [0.3, 0.4) is 0 Å². The van der Waals surface area contributed by atoms with Crippen molar-refractivity contribution < 1.29 is 14.4 Å². The number of anilines is 1. The molecule has 3 amide bonds. The predicted molar refractivity (Wildman–Crippen MR) is 74.0 cm³/mol. The number of imide groups is 1. The van der Waals surface area contributed by atoms with Gasteiger partial charge < -0.3 is 10.6 Å². The lowest BCUT2D eigenvalue weighted by Gasteiger charge is -2.15. The Kier molecular flexibility index (Phi) is 4.47. The van der Waals surface area contributed by atoms with Gasteiger partial charge in [-0.25, -0.2) is 4.90 Å². The third-order valence-electron chi connectivity index (χ3n) is 3.05. The van der Waals surface area contributed by atoms with Crippen molar-refractivity contribution in [1.29, 1.82) is 0 Å². The van der Waals surface area contributed by atoms with E-state index in [9.17, 15) is 14.4 Å². The second-order valence-corrected chi connectivity index (χ2v) is 4.60. The summed E-state index contributed by atoms with van der Waals surface area (Å²) in [5.41, 5.74) is 0.591. The average Bonchev–Trinajstić information content (AvgIpc) is 2.70. The lowest BCUT2D eigenvalue weighted by Crippen LogP contribution is -2.41. The molecule has 0 aromatic heterocycles. The molecule has 1 unspecified atom stereocenters. The van der Waals surface area contributed by atoms with Crippen LogP contribution in [0.2, 0.25) is 0 Å². The van der Waals surface area contributed by atoms with Crippen LogP contribution in [0, 0.1) is 0 Å². The van der Waals surface area contributed by atoms with Gasteiger partial charge in [-0.15, -0.1) is 0 Å². The van der Waals surface area contributed by atoms with Gasteiger partial charge in [0.25, 0.3) is 5.91 Å². The first kappa shape index (κ1) is 14.2. The van der Waals surface area contributed by atoms with E-state index in [1.807, 2.05) is 6.07 Å². The highest BCUT2D eigenvalue weighted by molar-refractivity contribution is 6.22. The molecule has 20 heavy (non-hydrogen) atoms. The largest absolute Gasteiger partial charge is 0.355 e. The van der Waals surface area contributed by atoms with Crippen molar-refractivity contribution in [3.63, 3.8) is 0 Å². The summed E-state index contributed by atoms with van der Waals surface area (Å²) in [6.07, 6.45) is 0.147. The number of para-hydroxylation sites is 1. The molecule has 6 heteroatoms. The first-order chi connectivity index (χ1) is 9.59. The van der Waals surface area contributed by atoms with Crippen LogP contribution in [-0.2, 0) is 14.4 Å². The summed E-state index contributed by atoms with van der Waals surface area (Å²) < 4.78 is 0. The summed E-state index contributed by atoms with van der Waals surface area (Å²) in [7, 11) is 0. The lowest BCUT2D eigenvalue weighted by atomic mass is 10.2. The third-order valence-corrected chi connectivity index (χ3v) is 3.05. The summed E-state index contributed by atoms with van der Waals surface area (Å²) in [5.74, 6) is -0.575. The zero-order valence-electron chi connectivity index (χ0n) is 11.3. The van der Waals surface area contributed by atoms with E-state index in [0.717, 1.165) is 0 Å². The van der Waals surface area contributed by atoms with Crippen molar-refractivity contribution in [2.45, 2.75) is 19.4 Å². The first-order valence-corrected chi connectivity index (χ1v) is 6.49. The monoisotopic (exact) mass is 275 g/mol. The van der Waals surface area contributed by atoms with Crippen molar-refractivity contribution in [1.82, 2.24) is 10.6 Å². The summed E-state index contributed by atoms with van der Waals surface area (Å²) in [4.78, 5) is 36.1. The van der Waals surface area contributed by atoms with Gasteiger partial charge in [0.15, 0.2) is 0 Å². The van der Waals surface area contributed by atoms with Crippen LogP contribution in [0.1, 0.15) is 13.3 Å². The topological polar surface area (TPSA) is 78.5 Å². The van der Waals surface area contributed by atoms with Crippen LogP contribution in [0.5, 0.6) is 0 Å². The molecule has 2 N–H and O–H groups in total. The Bertz CT molecular complexity index is 516. The van der Waals surface area contributed by atoms with Gasteiger partial charge in [-0.2, -0.15) is 0 Å². The Balaban J connectivity index is 1.94. The molecule has 1 aromatic carbocycles. The molecule has 0 bridgehead atoms. The van der Waals surface area contributed by atoms with Gasteiger partial charge in [-0.05, 0) is 12.1 Å². The fraction of sp³-hybridized carbons (Fsp3) is 0.357. The Morgan fingerprint density at radius 2 is 1.95 bits per heavy atom. The smallest absolute Gasteiger partial charge is 0.251 e. The molecular weight excluding hydrogens is 258 g/mol. The van der Waals surface area contributed by atoms with E-state index in [2.05, 4.69) is 10.6 Å². The van der Waals surface area contributed by atoms with Crippen LogP contribution >= 0.6 is 0 Å². The fourth-order valence-corrected chi connectivity index (χ4v) is 2.12. The summed E-state index contributed by atoms with van der Waals surface area (Å²) in [5, 5.41) is 5.62. The minimum atomic E-state index is -0.517. The molecule has 1 aliphatic heterocycles. The number of hydrogen-bond donors (Lipinski definition) is 2. The highest BCUT2D eigenvalue weighted by atomic mass is 16.2. The molecule has 0 saturated carbocycles. The molecule has 1 fully saturated rings. The van der Waals surface area contributed by atoms with E-state index >= 15 is 0 Å². The van der Waals surface area contributed by atoms with E-state index in [1.54, 1.807) is 24.3 Å². The van der Waals surface area contributed by atoms with Crippen molar-refractivity contribution in [3.05, 3.63) is 30.3 Å². The summed E-state index contributed by atoms with van der Waals surface area (Å²) >= 11 is 0. The zero-order chi connectivity index (χ0) is 14.5. The van der Waals surface area contributed by atoms with Gasteiger partial charge in [0.1, 0.15) is 0 Å². The van der Waals surface area contributed by atoms with Gasteiger partial charge >= 0.3 is 0 Å². The third kappa shape index (κ3) is 3.21. The highest BCUT2D eigenvalue weighted by Gasteiger charge is 2.38. The van der Waals surface area contributed by atoms with E-state index in [-0.39, 0.29) is 24.1 Å². The Labute approximate surface area is 117 Å². The molecule has 0 spiro atoms. The molecule has 106 valence electrons. The van der Waals surface area contributed by atoms with Crippen LogP contribution in [0.15, 0.2) is 30.3 Å². The SMILES string of the molecule is CC(=O)NCCNC1CC(=O)N(c2ccccc2)C1=O. The molecular formula is C14H17N3O3. The number of carbonyl (C=O) groups excluding carboxylic acids is 3. The van der Waals surface area contributed by atoms with Crippen LogP contribution in [0.25, 0.3) is 0 Å².